The van der Waals surface area contributed by atoms with E-state index in [9.17, 15) is 4.79 Å². The summed E-state index contributed by atoms with van der Waals surface area (Å²) in [7, 11) is 0. The van der Waals surface area contributed by atoms with Crippen LogP contribution in [0.2, 0.25) is 0 Å². The summed E-state index contributed by atoms with van der Waals surface area (Å²) >= 11 is 0. The normalized spacial score (nSPS) is 14.3. The summed E-state index contributed by atoms with van der Waals surface area (Å²) in [6, 6.07) is 3.36. The lowest BCUT2D eigenvalue weighted by Gasteiger charge is -2.16. The molecule has 0 bridgehead atoms. The van der Waals surface area contributed by atoms with Crippen molar-refractivity contribution in [3.63, 3.8) is 0 Å². The van der Waals surface area contributed by atoms with E-state index in [0.29, 0.717) is 42.6 Å². The molecule has 1 N–H and O–H groups in total. The maximum absolute atomic E-state index is 12.6. The van der Waals surface area contributed by atoms with Gasteiger partial charge in [0.2, 0.25) is 5.75 Å². The van der Waals surface area contributed by atoms with Gasteiger partial charge in [0.1, 0.15) is 0 Å². The van der Waals surface area contributed by atoms with Gasteiger partial charge in [0.25, 0.3) is 5.91 Å². The summed E-state index contributed by atoms with van der Waals surface area (Å²) in [6.07, 6.45) is 6.67. The Bertz CT molecular complexity index is 591. The highest BCUT2D eigenvalue weighted by Gasteiger charge is 2.18. The van der Waals surface area contributed by atoms with Crippen molar-refractivity contribution in [1.82, 2.24) is 5.43 Å². The monoisotopic (exact) mass is 362 g/mol. The fourth-order valence-electron chi connectivity index (χ4n) is 2.96. The first-order valence-corrected chi connectivity index (χ1v) is 9.61. The van der Waals surface area contributed by atoms with Crippen molar-refractivity contribution in [2.45, 2.75) is 59.3 Å². The lowest BCUT2D eigenvalue weighted by molar-refractivity contribution is 0.0953. The van der Waals surface area contributed by atoms with Gasteiger partial charge in [-0.2, -0.15) is 5.10 Å². The van der Waals surface area contributed by atoms with E-state index >= 15 is 0 Å². The van der Waals surface area contributed by atoms with Gasteiger partial charge < -0.3 is 14.2 Å². The van der Waals surface area contributed by atoms with Crippen LogP contribution in [-0.4, -0.2) is 31.4 Å². The molecular formula is C20H30N2O4. The first-order valence-electron chi connectivity index (χ1n) is 9.61. The zero-order chi connectivity index (χ0) is 18.8. The molecule has 0 heterocycles. The molecule has 1 saturated carbocycles. The first kappa shape index (κ1) is 20.1. The van der Waals surface area contributed by atoms with Gasteiger partial charge in [0.05, 0.1) is 19.8 Å². The van der Waals surface area contributed by atoms with Crippen LogP contribution in [0.25, 0.3) is 0 Å². The van der Waals surface area contributed by atoms with Crippen molar-refractivity contribution in [3.05, 3.63) is 17.7 Å². The molecule has 0 saturated heterocycles. The molecule has 1 fully saturated rings. The summed E-state index contributed by atoms with van der Waals surface area (Å²) < 4.78 is 17.0. The molecule has 0 radical (unpaired) electrons. The highest BCUT2D eigenvalue weighted by molar-refractivity contribution is 5.96. The maximum Gasteiger partial charge on any atom is 0.271 e. The fourth-order valence-corrected chi connectivity index (χ4v) is 2.96. The number of nitrogens with one attached hydrogen (secondary N) is 1. The molecule has 2 rings (SSSR count). The SMILES string of the molecule is CCOc1cc(C(=O)NN=C2CCCCCC2)cc(OCC)c1OCC. The van der Waals surface area contributed by atoms with Crippen molar-refractivity contribution in [2.24, 2.45) is 5.10 Å². The molecule has 1 amide bonds. The predicted molar refractivity (Wildman–Crippen MR) is 103 cm³/mol. The Balaban J connectivity index is 2.23. The number of nitrogens with zero attached hydrogens (tertiary/aromatic N) is 1. The van der Waals surface area contributed by atoms with Crippen LogP contribution in [0.1, 0.15) is 69.7 Å². The molecule has 0 aromatic heterocycles. The van der Waals surface area contributed by atoms with E-state index in [0.717, 1.165) is 31.4 Å². The van der Waals surface area contributed by atoms with Crippen LogP contribution in [-0.2, 0) is 0 Å². The number of amides is 1. The van der Waals surface area contributed by atoms with Gasteiger partial charge in [-0.15, -0.1) is 0 Å². The number of carbonyl (C=O) groups excluding carboxylic acids is 1. The number of hydrazone groups is 1. The third kappa shape index (κ3) is 5.64. The topological polar surface area (TPSA) is 69.2 Å². The molecule has 1 aliphatic rings. The van der Waals surface area contributed by atoms with Crippen LogP contribution in [0, 0.1) is 0 Å². The van der Waals surface area contributed by atoms with Gasteiger partial charge in [-0.05, 0) is 58.6 Å². The second-order valence-corrected chi connectivity index (χ2v) is 6.13. The number of benzene rings is 1. The second kappa shape index (κ2) is 10.7. The van der Waals surface area contributed by atoms with Gasteiger partial charge >= 0.3 is 0 Å². The minimum Gasteiger partial charge on any atom is -0.490 e. The Morgan fingerprint density at radius 3 is 1.96 bits per heavy atom. The lowest BCUT2D eigenvalue weighted by atomic mass is 10.1. The van der Waals surface area contributed by atoms with E-state index in [1.165, 1.54) is 12.8 Å². The van der Waals surface area contributed by atoms with E-state index < -0.39 is 0 Å². The van der Waals surface area contributed by atoms with Crippen LogP contribution in [0.15, 0.2) is 17.2 Å². The minimum atomic E-state index is -0.272. The zero-order valence-corrected chi connectivity index (χ0v) is 16.1. The molecule has 0 atom stereocenters. The van der Waals surface area contributed by atoms with Crippen LogP contribution in [0.3, 0.4) is 0 Å². The van der Waals surface area contributed by atoms with E-state index in [2.05, 4.69) is 10.5 Å². The standard InChI is InChI=1S/C20H30N2O4/c1-4-24-17-13-15(14-18(25-5-2)19(17)26-6-3)20(23)22-21-16-11-9-7-8-10-12-16/h13-14H,4-12H2,1-3H3,(H,22,23). The van der Waals surface area contributed by atoms with Crippen molar-refractivity contribution >= 4 is 11.6 Å². The summed E-state index contributed by atoms with van der Waals surface area (Å²) in [5, 5.41) is 4.33. The third-order valence-corrected chi connectivity index (χ3v) is 4.17. The molecule has 144 valence electrons. The second-order valence-electron chi connectivity index (χ2n) is 6.13. The summed E-state index contributed by atoms with van der Waals surface area (Å²) in [5.74, 6) is 1.27. The Hall–Kier alpha value is -2.24. The van der Waals surface area contributed by atoms with Crippen molar-refractivity contribution in [2.75, 3.05) is 19.8 Å². The molecule has 6 nitrogen and oxygen atoms in total. The molecule has 1 aromatic rings. The maximum atomic E-state index is 12.6. The van der Waals surface area contributed by atoms with Crippen LogP contribution < -0.4 is 19.6 Å². The predicted octanol–water partition coefficient (Wildman–Crippen LogP) is 4.32. The number of carbonyl (C=O) groups is 1. The third-order valence-electron chi connectivity index (χ3n) is 4.17. The van der Waals surface area contributed by atoms with Crippen molar-refractivity contribution < 1.29 is 19.0 Å². The largest absolute Gasteiger partial charge is 0.490 e. The highest BCUT2D eigenvalue weighted by Crippen LogP contribution is 2.39. The van der Waals surface area contributed by atoms with Crippen molar-refractivity contribution in [1.29, 1.82) is 0 Å². The molecule has 26 heavy (non-hydrogen) atoms. The average molecular weight is 362 g/mol. The summed E-state index contributed by atoms with van der Waals surface area (Å²) in [5.41, 5.74) is 4.19. The lowest BCUT2D eigenvalue weighted by Crippen LogP contribution is -2.20. The zero-order valence-electron chi connectivity index (χ0n) is 16.1. The quantitative estimate of drug-likeness (QED) is 0.552. The van der Waals surface area contributed by atoms with E-state index in [-0.39, 0.29) is 5.91 Å². The van der Waals surface area contributed by atoms with Crippen LogP contribution >= 0.6 is 0 Å². The average Bonchev–Trinajstić information content (AvgIpc) is 2.91. The molecule has 1 aromatic carbocycles. The number of hydrogen-bond donors (Lipinski definition) is 1. The summed E-state index contributed by atoms with van der Waals surface area (Å²) in [6.45, 7) is 7.11. The minimum absolute atomic E-state index is 0.272. The van der Waals surface area contributed by atoms with Gasteiger partial charge in [-0.3, -0.25) is 4.79 Å². The molecule has 6 heteroatoms. The fraction of sp³-hybridized carbons (Fsp3) is 0.600. The van der Waals surface area contributed by atoms with E-state index in [1.54, 1.807) is 12.1 Å². The van der Waals surface area contributed by atoms with Gasteiger partial charge in [0.15, 0.2) is 11.5 Å². The Kier molecular flexibility index (Phi) is 8.25. The van der Waals surface area contributed by atoms with Crippen LogP contribution in [0.4, 0.5) is 0 Å². The molecular weight excluding hydrogens is 332 g/mol. The van der Waals surface area contributed by atoms with E-state index in [4.69, 9.17) is 14.2 Å². The highest BCUT2D eigenvalue weighted by atomic mass is 16.5. The number of ether oxygens (including phenoxy) is 3. The van der Waals surface area contributed by atoms with Crippen LogP contribution in [0.5, 0.6) is 17.2 Å². The van der Waals surface area contributed by atoms with Crippen molar-refractivity contribution in [3.8, 4) is 17.2 Å². The molecule has 0 unspecified atom stereocenters. The number of hydrogen-bond acceptors (Lipinski definition) is 5. The smallest absolute Gasteiger partial charge is 0.271 e. The Morgan fingerprint density at radius 1 is 0.923 bits per heavy atom. The van der Waals surface area contributed by atoms with Gasteiger partial charge in [-0.25, -0.2) is 5.43 Å². The molecule has 0 spiro atoms. The Morgan fingerprint density at radius 2 is 1.46 bits per heavy atom. The molecule has 0 aliphatic heterocycles. The summed E-state index contributed by atoms with van der Waals surface area (Å²) in [4.78, 5) is 12.6. The Labute approximate surface area is 155 Å². The number of rotatable bonds is 8. The molecule has 1 aliphatic carbocycles. The van der Waals surface area contributed by atoms with E-state index in [1.807, 2.05) is 20.8 Å². The van der Waals surface area contributed by atoms with Gasteiger partial charge in [-0.1, -0.05) is 12.8 Å². The van der Waals surface area contributed by atoms with Gasteiger partial charge in [0, 0.05) is 11.3 Å². The first-order chi connectivity index (χ1) is 12.7.